The fourth-order valence-electron chi connectivity index (χ4n) is 3.14. The first-order chi connectivity index (χ1) is 13.0. The van der Waals surface area contributed by atoms with Crippen molar-refractivity contribution in [3.05, 3.63) is 54.2 Å². The number of aromatic amines is 1. The maximum absolute atomic E-state index is 13.0. The number of rotatable bonds is 3. The van der Waals surface area contributed by atoms with Crippen LogP contribution in [0.1, 0.15) is 22.6 Å². The van der Waals surface area contributed by atoms with Crippen LogP contribution in [0.15, 0.2) is 42.9 Å². The first kappa shape index (κ1) is 16.8. The highest BCUT2D eigenvalue weighted by Gasteiger charge is 2.32. The van der Waals surface area contributed by atoms with Gasteiger partial charge in [0.15, 0.2) is 5.69 Å². The number of urea groups is 1. The molecule has 9 heteroatoms. The molecule has 3 amide bonds. The molecule has 27 heavy (non-hydrogen) atoms. The number of carbonyl (C=O) groups excluding carboxylic acids is 2. The molecule has 0 saturated carbocycles. The van der Waals surface area contributed by atoms with Gasteiger partial charge in [-0.05, 0) is 37.6 Å². The summed E-state index contributed by atoms with van der Waals surface area (Å²) in [7, 11) is 0. The van der Waals surface area contributed by atoms with Gasteiger partial charge in [0.25, 0.3) is 5.91 Å². The topological polar surface area (TPSA) is 113 Å². The maximum atomic E-state index is 13.0. The SMILES string of the molecule is Cc1ccc(-n2nc(C(=O)N3CCCN3C(N)=O)cc2-c2cc[nH]c2)cn1. The highest BCUT2D eigenvalue weighted by atomic mass is 16.2. The van der Waals surface area contributed by atoms with Crippen LogP contribution in [-0.4, -0.2) is 54.8 Å². The second kappa shape index (κ2) is 6.60. The van der Waals surface area contributed by atoms with Gasteiger partial charge in [-0.25, -0.2) is 19.5 Å². The van der Waals surface area contributed by atoms with Crippen LogP contribution in [0, 0.1) is 6.92 Å². The van der Waals surface area contributed by atoms with E-state index in [1.165, 1.54) is 10.0 Å². The molecule has 138 valence electrons. The molecule has 1 saturated heterocycles. The van der Waals surface area contributed by atoms with E-state index < -0.39 is 6.03 Å². The van der Waals surface area contributed by atoms with Crippen LogP contribution in [0.4, 0.5) is 4.79 Å². The number of amides is 3. The van der Waals surface area contributed by atoms with Crippen molar-refractivity contribution in [1.29, 1.82) is 0 Å². The van der Waals surface area contributed by atoms with E-state index in [1.807, 2.05) is 31.3 Å². The summed E-state index contributed by atoms with van der Waals surface area (Å²) in [6.45, 7) is 2.76. The van der Waals surface area contributed by atoms with Gasteiger partial charge in [0.05, 0.1) is 17.6 Å². The Morgan fingerprint density at radius 3 is 2.67 bits per heavy atom. The lowest BCUT2D eigenvalue weighted by Crippen LogP contribution is -2.47. The molecule has 4 heterocycles. The van der Waals surface area contributed by atoms with Gasteiger partial charge in [-0.2, -0.15) is 5.10 Å². The summed E-state index contributed by atoms with van der Waals surface area (Å²) in [6.07, 6.45) is 6.02. The second-order valence-corrected chi connectivity index (χ2v) is 6.33. The summed E-state index contributed by atoms with van der Waals surface area (Å²) in [6, 6.07) is 6.74. The highest BCUT2D eigenvalue weighted by molar-refractivity contribution is 5.95. The molecule has 0 radical (unpaired) electrons. The summed E-state index contributed by atoms with van der Waals surface area (Å²) >= 11 is 0. The number of H-pyrrole nitrogens is 1. The number of aromatic nitrogens is 4. The van der Waals surface area contributed by atoms with Crippen molar-refractivity contribution in [2.45, 2.75) is 13.3 Å². The third kappa shape index (κ3) is 3.03. The Morgan fingerprint density at radius 2 is 2.00 bits per heavy atom. The van der Waals surface area contributed by atoms with Crippen LogP contribution in [0.2, 0.25) is 0 Å². The molecule has 0 aliphatic carbocycles. The minimum absolute atomic E-state index is 0.236. The van der Waals surface area contributed by atoms with Gasteiger partial charge < -0.3 is 10.7 Å². The largest absolute Gasteiger partial charge is 0.367 e. The lowest BCUT2D eigenvalue weighted by Gasteiger charge is -2.25. The minimum Gasteiger partial charge on any atom is -0.367 e. The Labute approximate surface area is 155 Å². The zero-order valence-corrected chi connectivity index (χ0v) is 14.8. The van der Waals surface area contributed by atoms with Gasteiger partial charge in [0, 0.05) is 36.7 Å². The van der Waals surface area contributed by atoms with E-state index >= 15 is 0 Å². The zero-order chi connectivity index (χ0) is 19.0. The Kier molecular flexibility index (Phi) is 4.11. The fraction of sp³-hybridized carbons (Fsp3) is 0.222. The van der Waals surface area contributed by atoms with E-state index in [2.05, 4.69) is 15.1 Å². The smallest absolute Gasteiger partial charge is 0.333 e. The predicted molar refractivity (Wildman–Crippen MR) is 97.8 cm³/mol. The van der Waals surface area contributed by atoms with Crippen molar-refractivity contribution < 1.29 is 9.59 Å². The molecular formula is C18H19N7O2. The number of nitrogens with one attached hydrogen (secondary N) is 1. The molecule has 0 unspecified atom stereocenters. The van der Waals surface area contributed by atoms with Gasteiger partial charge in [-0.15, -0.1) is 0 Å². The molecular weight excluding hydrogens is 346 g/mol. The standard InChI is InChI=1S/C18H19N7O2/c1-12-3-4-14(11-21-12)25-16(13-5-6-20-10-13)9-15(22-25)17(26)23-7-2-8-24(23)18(19)27/h3-6,9-11,20H,2,7-8H2,1H3,(H2,19,27). The van der Waals surface area contributed by atoms with Crippen molar-refractivity contribution in [3.8, 4) is 16.9 Å². The molecule has 9 nitrogen and oxygen atoms in total. The first-order valence-electron chi connectivity index (χ1n) is 8.59. The Hall–Kier alpha value is -3.62. The molecule has 1 fully saturated rings. The molecule has 0 atom stereocenters. The summed E-state index contributed by atoms with van der Waals surface area (Å²) in [5, 5.41) is 7.10. The van der Waals surface area contributed by atoms with Crippen LogP contribution >= 0.6 is 0 Å². The Morgan fingerprint density at radius 1 is 1.19 bits per heavy atom. The van der Waals surface area contributed by atoms with E-state index in [1.54, 1.807) is 23.1 Å². The second-order valence-electron chi connectivity index (χ2n) is 6.33. The van der Waals surface area contributed by atoms with Gasteiger partial charge in [0.2, 0.25) is 0 Å². The number of primary amides is 1. The molecule has 0 spiro atoms. The number of nitrogens with two attached hydrogens (primary N) is 1. The van der Waals surface area contributed by atoms with Crippen molar-refractivity contribution >= 4 is 11.9 Å². The molecule has 3 aromatic rings. The molecule has 0 aromatic carbocycles. The Bertz CT molecular complexity index is 976. The molecule has 1 aliphatic heterocycles. The Balaban J connectivity index is 1.76. The lowest BCUT2D eigenvalue weighted by molar-refractivity contribution is 0.0389. The highest BCUT2D eigenvalue weighted by Crippen LogP contribution is 2.25. The number of hydrogen-bond acceptors (Lipinski definition) is 4. The van der Waals surface area contributed by atoms with Crippen molar-refractivity contribution in [3.63, 3.8) is 0 Å². The van der Waals surface area contributed by atoms with Gasteiger partial charge in [0.1, 0.15) is 0 Å². The third-order valence-electron chi connectivity index (χ3n) is 4.48. The quantitative estimate of drug-likeness (QED) is 0.735. The summed E-state index contributed by atoms with van der Waals surface area (Å²) in [5.74, 6) is -0.359. The van der Waals surface area contributed by atoms with Crippen LogP contribution in [-0.2, 0) is 0 Å². The van der Waals surface area contributed by atoms with Gasteiger partial charge in [-0.3, -0.25) is 9.78 Å². The summed E-state index contributed by atoms with van der Waals surface area (Å²) in [5.41, 5.74) is 8.87. The van der Waals surface area contributed by atoms with Crippen LogP contribution < -0.4 is 5.73 Å². The van der Waals surface area contributed by atoms with Crippen LogP contribution in [0.3, 0.4) is 0 Å². The molecule has 3 N–H and O–H groups in total. The number of carbonyl (C=O) groups is 2. The molecule has 4 rings (SSSR count). The number of hydrazine groups is 1. The molecule has 0 bridgehead atoms. The van der Waals surface area contributed by atoms with E-state index in [0.29, 0.717) is 19.5 Å². The zero-order valence-electron chi connectivity index (χ0n) is 14.8. The number of hydrogen-bond donors (Lipinski definition) is 2. The minimum atomic E-state index is -0.645. The lowest BCUT2D eigenvalue weighted by atomic mass is 10.2. The number of nitrogens with zero attached hydrogens (tertiary/aromatic N) is 5. The van der Waals surface area contributed by atoms with E-state index in [4.69, 9.17) is 5.73 Å². The number of aryl methyl sites for hydroxylation is 1. The third-order valence-corrected chi connectivity index (χ3v) is 4.48. The van der Waals surface area contributed by atoms with Crippen LogP contribution in [0.5, 0.6) is 0 Å². The monoisotopic (exact) mass is 365 g/mol. The van der Waals surface area contributed by atoms with E-state index in [-0.39, 0.29) is 11.6 Å². The van der Waals surface area contributed by atoms with Crippen molar-refractivity contribution in [2.75, 3.05) is 13.1 Å². The number of pyridine rings is 1. The van der Waals surface area contributed by atoms with Gasteiger partial charge in [-0.1, -0.05) is 0 Å². The molecule has 3 aromatic heterocycles. The van der Waals surface area contributed by atoms with Crippen molar-refractivity contribution in [2.24, 2.45) is 5.73 Å². The van der Waals surface area contributed by atoms with E-state index in [0.717, 1.165) is 22.6 Å². The normalized spacial score (nSPS) is 14.0. The maximum Gasteiger partial charge on any atom is 0.333 e. The average Bonchev–Trinajstić information content (AvgIpc) is 3.40. The van der Waals surface area contributed by atoms with Crippen molar-refractivity contribution in [1.82, 2.24) is 29.8 Å². The predicted octanol–water partition coefficient (Wildman–Crippen LogP) is 1.71. The fourth-order valence-corrected chi connectivity index (χ4v) is 3.14. The first-order valence-corrected chi connectivity index (χ1v) is 8.59. The summed E-state index contributed by atoms with van der Waals surface area (Å²) < 4.78 is 1.67. The summed E-state index contributed by atoms with van der Waals surface area (Å²) in [4.78, 5) is 31.9. The van der Waals surface area contributed by atoms with Gasteiger partial charge >= 0.3 is 6.03 Å². The van der Waals surface area contributed by atoms with Crippen LogP contribution in [0.25, 0.3) is 16.9 Å². The average molecular weight is 365 g/mol. The molecule has 1 aliphatic rings. The van der Waals surface area contributed by atoms with E-state index in [9.17, 15) is 9.59 Å².